The maximum absolute atomic E-state index is 3.46. The average molecular weight is 193 g/mol. The minimum absolute atomic E-state index is 0.929. The minimum atomic E-state index is 0.929. The lowest BCUT2D eigenvalue weighted by atomic mass is 10.0. The van der Waals surface area contributed by atoms with E-state index in [1.807, 2.05) is 0 Å². The van der Waals surface area contributed by atoms with Crippen LogP contribution in [0, 0.1) is 0 Å². The molecule has 0 aromatic rings. The zero-order valence-electron chi connectivity index (χ0n) is 5.78. The van der Waals surface area contributed by atoms with E-state index in [1.54, 1.807) is 0 Å². The first-order valence-electron chi connectivity index (χ1n) is 3.83. The monoisotopic (exact) mass is 192 g/mol. The second kappa shape index (κ2) is 4.29. The highest BCUT2D eigenvalue weighted by Crippen LogP contribution is 2.05. The van der Waals surface area contributed by atoms with E-state index in [9.17, 15) is 0 Å². The van der Waals surface area contributed by atoms with Crippen LogP contribution in [0.1, 0.15) is 25.7 Å². The van der Waals surface area contributed by atoms with Crippen LogP contribution in [0.3, 0.4) is 0 Å². The average Bonchev–Trinajstić information content (AvgIpc) is 1.91. The first-order chi connectivity index (χ1) is 4.43. The molecule has 0 aromatic carbocycles. The molecule has 1 fully saturated rings. The summed E-state index contributed by atoms with van der Waals surface area (Å²) in [7, 11) is 0. The summed E-state index contributed by atoms with van der Waals surface area (Å²) in [5.41, 5.74) is 0. The summed E-state index contributed by atoms with van der Waals surface area (Å²) in [6, 6.07) is 0.929. The van der Waals surface area contributed by atoms with E-state index in [2.05, 4.69) is 21.2 Å². The Morgan fingerprint density at radius 1 is 1.44 bits per heavy atom. The third kappa shape index (κ3) is 2.67. The highest BCUT2D eigenvalue weighted by molar-refractivity contribution is 9.09. The molecule has 1 nitrogen and oxygen atoms in total. The predicted octanol–water partition coefficient (Wildman–Crippen LogP) is 0.887. The summed E-state index contributed by atoms with van der Waals surface area (Å²) in [6.07, 6.45) is 5.67. The summed E-state index contributed by atoms with van der Waals surface area (Å²) in [4.78, 5) is 0. The number of quaternary nitrogens is 1. The van der Waals surface area contributed by atoms with E-state index in [-0.39, 0.29) is 0 Å². The lowest BCUT2D eigenvalue weighted by Gasteiger charge is -2.18. The molecule has 0 aromatic heterocycles. The van der Waals surface area contributed by atoms with E-state index in [1.165, 1.54) is 37.6 Å². The van der Waals surface area contributed by atoms with Crippen molar-refractivity contribution >= 4 is 15.9 Å². The number of halogens is 1. The maximum Gasteiger partial charge on any atom is 0.0867 e. The second-order valence-corrected chi connectivity index (χ2v) is 3.55. The fraction of sp³-hybridized carbons (Fsp3) is 1.00. The van der Waals surface area contributed by atoms with E-state index in [0.717, 1.165) is 6.04 Å². The normalized spacial score (nSPS) is 28.3. The van der Waals surface area contributed by atoms with Gasteiger partial charge in [0.25, 0.3) is 0 Å². The van der Waals surface area contributed by atoms with Gasteiger partial charge in [0, 0.05) is 11.8 Å². The second-order valence-electron chi connectivity index (χ2n) is 2.76. The van der Waals surface area contributed by atoms with Crippen LogP contribution in [0.5, 0.6) is 0 Å². The lowest BCUT2D eigenvalue weighted by Crippen LogP contribution is -2.91. The largest absolute Gasteiger partial charge is 0.344 e. The predicted molar refractivity (Wildman–Crippen MR) is 42.8 cm³/mol. The quantitative estimate of drug-likeness (QED) is 0.627. The number of alkyl halides is 1. The van der Waals surface area contributed by atoms with Gasteiger partial charge in [-0.2, -0.15) is 0 Å². The topological polar surface area (TPSA) is 16.6 Å². The van der Waals surface area contributed by atoms with Crippen LogP contribution >= 0.6 is 15.9 Å². The molecule has 0 spiro atoms. The molecule has 0 amide bonds. The molecule has 0 bridgehead atoms. The van der Waals surface area contributed by atoms with E-state index < -0.39 is 0 Å². The zero-order valence-corrected chi connectivity index (χ0v) is 7.36. The van der Waals surface area contributed by atoms with Gasteiger partial charge >= 0.3 is 0 Å². The Labute approximate surface area is 65.3 Å². The standard InChI is InChI=1S/C7H14BrN/c8-5-4-7-3-1-2-6-9-7/h7,9H,1-6H2/p+1/t7-/m0/s1. The molecule has 9 heavy (non-hydrogen) atoms. The van der Waals surface area contributed by atoms with E-state index in [4.69, 9.17) is 0 Å². The smallest absolute Gasteiger partial charge is 0.0867 e. The molecule has 0 unspecified atom stereocenters. The van der Waals surface area contributed by atoms with Gasteiger partial charge in [0.1, 0.15) is 0 Å². The molecule has 0 aliphatic carbocycles. The fourth-order valence-corrected chi connectivity index (χ4v) is 2.01. The number of rotatable bonds is 2. The van der Waals surface area contributed by atoms with Gasteiger partial charge in [-0.05, 0) is 19.3 Å². The summed E-state index contributed by atoms with van der Waals surface area (Å²) >= 11 is 3.46. The van der Waals surface area contributed by atoms with Crippen molar-refractivity contribution in [2.24, 2.45) is 0 Å². The zero-order chi connectivity index (χ0) is 6.53. The molecular formula is C7H15BrN+. The molecule has 1 heterocycles. The molecule has 1 atom stereocenters. The summed E-state index contributed by atoms with van der Waals surface area (Å²) < 4.78 is 0. The number of piperidine rings is 1. The summed E-state index contributed by atoms with van der Waals surface area (Å²) in [6.45, 7) is 1.36. The molecule has 54 valence electrons. The number of hydrogen-bond acceptors (Lipinski definition) is 0. The minimum Gasteiger partial charge on any atom is -0.344 e. The molecule has 1 rings (SSSR count). The van der Waals surface area contributed by atoms with Crippen molar-refractivity contribution in [3.05, 3.63) is 0 Å². The van der Waals surface area contributed by atoms with Crippen LogP contribution in [0.4, 0.5) is 0 Å². The number of nitrogens with two attached hydrogens (primary N) is 1. The molecular weight excluding hydrogens is 178 g/mol. The van der Waals surface area contributed by atoms with Crippen LogP contribution < -0.4 is 5.32 Å². The first-order valence-corrected chi connectivity index (χ1v) is 4.95. The fourth-order valence-electron chi connectivity index (χ4n) is 1.42. The van der Waals surface area contributed by atoms with Crippen LogP contribution in [0.25, 0.3) is 0 Å². The highest BCUT2D eigenvalue weighted by atomic mass is 79.9. The van der Waals surface area contributed by atoms with Crippen molar-refractivity contribution in [1.82, 2.24) is 0 Å². The van der Waals surface area contributed by atoms with Gasteiger partial charge in [0.05, 0.1) is 12.6 Å². The van der Waals surface area contributed by atoms with Crippen LogP contribution in [0.2, 0.25) is 0 Å². The van der Waals surface area contributed by atoms with Crippen molar-refractivity contribution < 1.29 is 5.32 Å². The van der Waals surface area contributed by atoms with Gasteiger partial charge in [-0.1, -0.05) is 15.9 Å². The van der Waals surface area contributed by atoms with Gasteiger partial charge in [-0.3, -0.25) is 0 Å². The first kappa shape index (κ1) is 7.55. The van der Waals surface area contributed by atoms with Crippen molar-refractivity contribution in [2.75, 3.05) is 11.9 Å². The van der Waals surface area contributed by atoms with Gasteiger partial charge in [-0.15, -0.1) is 0 Å². The van der Waals surface area contributed by atoms with Crippen molar-refractivity contribution in [3.8, 4) is 0 Å². The third-order valence-electron chi connectivity index (χ3n) is 2.01. The van der Waals surface area contributed by atoms with Crippen molar-refractivity contribution in [3.63, 3.8) is 0 Å². The molecule has 2 N–H and O–H groups in total. The Bertz CT molecular complexity index is 66.6. The van der Waals surface area contributed by atoms with Gasteiger partial charge in [0.15, 0.2) is 0 Å². The highest BCUT2D eigenvalue weighted by Gasteiger charge is 2.14. The van der Waals surface area contributed by atoms with E-state index in [0.29, 0.717) is 0 Å². The maximum atomic E-state index is 3.46. The van der Waals surface area contributed by atoms with Gasteiger partial charge < -0.3 is 5.32 Å². The van der Waals surface area contributed by atoms with Gasteiger partial charge in [-0.25, -0.2) is 0 Å². The Kier molecular flexibility index (Phi) is 3.59. The van der Waals surface area contributed by atoms with E-state index >= 15 is 0 Å². The lowest BCUT2D eigenvalue weighted by molar-refractivity contribution is -0.697. The molecule has 1 aliphatic heterocycles. The summed E-state index contributed by atoms with van der Waals surface area (Å²) in [5.74, 6) is 0. The number of hydrogen-bond donors (Lipinski definition) is 1. The van der Waals surface area contributed by atoms with Crippen LogP contribution in [-0.4, -0.2) is 17.9 Å². The van der Waals surface area contributed by atoms with Crippen LogP contribution in [-0.2, 0) is 0 Å². The molecule has 0 saturated carbocycles. The Hall–Kier alpha value is 0.440. The third-order valence-corrected chi connectivity index (χ3v) is 2.47. The van der Waals surface area contributed by atoms with Crippen molar-refractivity contribution in [1.29, 1.82) is 0 Å². The molecule has 0 radical (unpaired) electrons. The molecule has 1 saturated heterocycles. The molecule has 1 aliphatic rings. The molecule has 2 heteroatoms. The van der Waals surface area contributed by atoms with Crippen LogP contribution in [0.15, 0.2) is 0 Å². The Morgan fingerprint density at radius 2 is 2.33 bits per heavy atom. The Morgan fingerprint density at radius 3 is 2.89 bits per heavy atom. The SMILES string of the molecule is BrCC[C@@H]1CCCC[NH2+]1. The Balaban J connectivity index is 2.08. The van der Waals surface area contributed by atoms with Crippen molar-refractivity contribution in [2.45, 2.75) is 31.7 Å². The van der Waals surface area contributed by atoms with Gasteiger partial charge in [0.2, 0.25) is 0 Å². The summed E-state index contributed by atoms with van der Waals surface area (Å²) in [5, 5.41) is 3.67.